The number of rotatable bonds is 10. The second-order valence-electron chi connectivity index (χ2n) is 10.8. The van der Waals surface area contributed by atoms with Crippen LogP contribution in [0.25, 0.3) is 11.3 Å². The van der Waals surface area contributed by atoms with Gasteiger partial charge < -0.3 is 19.7 Å². The van der Waals surface area contributed by atoms with Crippen molar-refractivity contribution < 1.29 is 41.8 Å². The minimum Gasteiger partial charge on any atom is -0.465 e. The standard InChI is InChI=1S/C35H32F3N3O6/c1-21-8-18-27(31(39-21)23-10-14-25(15-11-23)35(36,37)38)32(43)40-29-19-9-22(20-28(29)33(44)41(2)3)6-5-7-30(42)47-26-16-12-24(13-17-26)34(45)46-4/h8-20H,5-7H2,1-4H3,(H,40,43). The summed E-state index contributed by atoms with van der Waals surface area (Å²) in [5, 5.41) is 2.76. The average molecular weight is 648 g/mol. The number of benzene rings is 3. The van der Waals surface area contributed by atoms with Crippen LogP contribution in [0.5, 0.6) is 5.75 Å². The molecule has 0 aliphatic rings. The molecule has 0 aliphatic carbocycles. The molecule has 4 aromatic rings. The number of pyridine rings is 1. The van der Waals surface area contributed by atoms with Gasteiger partial charge in [-0.05, 0) is 86.0 Å². The maximum atomic E-state index is 13.5. The molecular formula is C35H32F3N3O6. The van der Waals surface area contributed by atoms with E-state index in [1.54, 1.807) is 45.3 Å². The molecule has 1 aromatic heterocycles. The number of hydrogen-bond donors (Lipinski definition) is 1. The lowest BCUT2D eigenvalue weighted by Crippen LogP contribution is -2.24. The number of nitrogens with one attached hydrogen (secondary N) is 1. The fourth-order valence-corrected chi connectivity index (χ4v) is 4.64. The van der Waals surface area contributed by atoms with Crippen molar-refractivity contribution in [3.05, 3.63) is 112 Å². The molecule has 3 aromatic carbocycles. The van der Waals surface area contributed by atoms with Gasteiger partial charge in [0.25, 0.3) is 11.8 Å². The lowest BCUT2D eigenvalue weighted by molar-refractivity contribution is -0.137. The summed E-state index contributed by atoms with van der Waals surface area (Å²) in [6.07, 6.45) is -3.59. The third kappa shape index (κ3) is 8.81. The minimum absolute atomic E-state index is 0.0847. The number of anilines is 1. The molecule has 0 aliphatic heterocycles. The third-order valence-corrected chi connectivity index (χ3v) is 7.09. The Hall–Kier alpha value is -5.52. The van der Waals surface area contributed by atoms with Gasteiger partial charge in [-0.2, -0.15) is 13.2 Å². The summed E-state index contributed by atoms with van der Waals surface area (Å²) in [5.41, 5.74) is 1.87. The Kier molecular flexibility index (Phi) is 10.8. The van der Waals surface area contributed by atoms with Crippen LogP contribution in [0.15, 0.2) is 78.9 Å². The topological polar surface area (TPSA) is 115 Å². The van der Waals surface area contributed by atoms with E-state index in [0.717, 1.165) is 17.7 Å². The first-order chi connectivity index (χ1) is 22.3. The summed E-state index contributed by atoms with van der Waals surface area (Å²) in [7, 11) is 4.41. The molecule has 0 unspecified atom stereocenters. The zero-order valence-corrected chi connectivity index (χ0v) is 26.1. The smallest absolute Gasteiger partial charge is 0.416 e. The Labute approximate surface area is 269 Å². The first kappa shape index (κ1) is 34.4. The number of halogens is 3. The molecule has 0 atom stereocenters. The van der Waals surface area contributed by atoms with Crippen molar-refractivity contribution in [3.8, 4) is 17.0 Å². The molecule has 9 nitrogen and oxygen atoms in total. The molecule has 244 valence electrons. The van der Waals surface area contributed by atoms with Crippen LogP contribution in [-0.2, 0) is 22.1 Å². The second kappa shape index (κ2) is 14.7. The molecular weight excluding hydrogens is 615 g/mol. The molecule has 0 spiro atoms. The van der Waals surface area contributed by atoms with E-state index < -0.39 is 29.6 Å². The maximum absolute atomic E-state index is 13.5. The first-order valence-electron chi connectivity index (χ1n) is 14.5. The monoisotopic (exact) mass is 647 g/mol. The van der Waals surface area contributed by atoms with E-state index in [1.165, 1.54) is 54.5 Å². The van der Waals surface area contributed by atoms with Crippen molar-refractivity contribution in [2.24, 2.45) is 0 Å². The molecule has 0 saturated heterocycles. The number of carbonyl (C=O) groups is 4. The molecule has 4 rings (SSSR count). The van der Waals surface area contributed by atoms with E-state index in [9.17, 15) is 32.3 Å². The Morgan fingerprint density at radius 2 is 1.55 bits per heavy atom. The van der Waals surface area contributed by atoms with Gasteiger partial charge in [-0.3, -0.25) is 19.4 Å². The predicted molar refractivity (Wildman–Crippen MR) is 168 cm³/mol. The maximum Gasteiger partial charge on any atom is 0.416 e. The van der Waals surface area contributed by atoms with Gasteiger partial charge in [0.05, 0.1) is 40.7 Å². The molecule has 2 amide bonds. The predicted octanol–water partition coefficient (Wildman–Crippen LogP) is 6.74. The lowest BCUT2D eigenvalue weighted by Gasteiger charge is -2.17. The third-order valence-electron chi connectivity index (χ3n) is 7.09. The van der Waals surface area contributed by atoms with Crippen molar-refractivity contribution in [3.63, 3.8) is 0 Å². The van der Waals surface area contributed by atoms with Gasteiger partial charge in [-0.25, -0.2) is 4.79 Å². The van der Waals surface area contributed by atoms with Gasteiger partial charge in [0, 0.05) is 31.8 Å². The van der Waals surface area contributed by atoms with E-state index in [2.05, 4.69) is 15.0 Å². The van der Waals surface area contributed by atoms with E-state index in [-0.39, 0.29) is 40.6 Å². The van der Waals surface area contributed by atoms with Gasteiger partial charge in [0.15, 0.2) is 0 Å². The largest absolute Gasteiger partial charge is 0.465 e. The Balaban J connectivity index is 1.48. The van der Waals surface area contributed by atoms with Crippen LogP contribution in [-0.4, -0.2) is 54.8 Å². The number of methoxy groups -OCH3 is 1. The molecule has 12 heteroatoms. The fourth-order valence-electron chi connectivity index (χ4n) is 4.64. The summed E-state index contributed by atoms with van der Waals surface area (Å²) < 4.78 is 49.3. The van der Waals surface area contributed by atoms with Gasteiger partial charge in [0.2, 0.25) is 0 Å². The summed E-state index contributed by atoms with van der Waals surface area (Å²) in [6.45, 7) is 1.70. The highest BCUT2D eigenvalue weighted by atomic mass is 19.4. The number of ether oxygens (including phenoxy) is 2. The Bertz CT molecular complexity index is 1790. The Morgan fingerprint density at radius 3 is 2.17 bits per heavy atom. The van der Waals surface area contributed by atoms with Crippen molar-refractivity contribution >= 4 is 29.4 Å². The van der Waals surface area contributed by atoms with E-state index >= 15 is 0 Å². The molecule has 0 bridgehead atoms. The van der Waals surface area contributed by atoms with Crippen LogP contribution in [0.1, 0.15) is 60.7 Å². The highest BCUT2D eigenvalue weighted by molar-refractivity contribution is 6.11. The highest BCUT2D eigenvalue weighted by Gasteiger charge is 2.30. The minimum atomic E-state index is -4.51. The van der Waals surface area contributed by atoms with Crippen molar-refractivity contribution in [1.82, 2.24) is 9.88 Å². The second-order valence-corrected chi connectivity index (χ2v) is 10.8. The van der Waals surface area contributed by atoms with Crippen LogP contribution in [0, 0.1) is 6.92 Å². The van der Waals surface area contributed by atoms with Crippen LogP contribution in [0.4, 0.5) is 18.9 Å². The summed E-state index contributed by atoms with van der Waals surface area (Å²) >= 11 is 0. The number of amides is 2. The number of alkyl halides is 3. The molecule has 1 N–H and O–H groups in total. The molecule has 0 radical (unpaired) electrons. The summed E-state index contributed by atoms with van der Waals surface area (Å²) in [6, 6.07) is 18.4. The summed E-state index contributed by atoms with van der Waals surface area (Å²) in [5.74, 6) is -1.67. The number of aromatic nitrogens is 1. The SMILES string of the molecule is COC(=O)c1ccc(OC(=O)CCCc2ccc(NC(=O)c3ccc(C)nc3-c3ccc(C(F)(F)F)cc3)c(C(=O)N(C)C)c2)cc1. The number of esters is 2. The van der Waals surface area contributed by atoms with Crippen molar-refractivity contribution in [2.75, 3.05) is 26.5 Å². The Morgan fingerprint density at radius 1 is 0.872 bits per heavy atom. The molecule has 47 heavy (non-hydrogen) atoms. The average Bonchev–Trinajstić information content (AvgIpc) is 3.04. The fraction of sp³-hybridized carbons (Fsp3) is 0.229. The number of carbonyl (C=O) groups excluding carboxylic acids is 4. The first-order valence-corrected chi connectivity index (χ1v) is 14.5. The van der Waals surface area contributed by atoms with Crippen LogP contribution in [0.2, 0.25) is 0 Å². The van der Waals surface area contributed by atoms with Gasteiger partial charge in [-0.1, -0.05) is 18.2 Å². The lowest BCUT2D eigenvalue weighted by atomic mass is 10.0. The van der Waals surface area contributed by atoms with E-state index in [4.69, 9.17) is 4.74 Å². The highest BCUT2D eigenvalue weighted by Crippen LogP contribution is 2.32. The number of aryl methyl sites for hydroxylation is 2. The van der Waals surface area contributed by atoms with Gasteiger partial charge in [-0.15, -0.1) is 0 Å². The number of nitrogens with zero attached hydrogens (tertiary/aromatic N) is 2. The van der Waals surface area contributed by atoms with E-state index in [1.807, 2.05) is 0 Å². The quantitative estimate of drug-likeness (QED) is 0.150. The molecule has 0 saturated carbocycles. The normalized spacial score (nSPS) is 11.0. The van der Waals surface area contributed by atoms with Gasteiger partial charge in [0.1, 0.15) is 5.75 Å². The van der Waals surface area contributed by atoms with Crippen LogP contribution < -0.4 is 10.1 Å². The molecule has 0 fully saturated rings. The zero-order valence-electron chi connectivity index (χ0n) is 26.1. The molecule has 1 heterocycles. The van der Waals surface area contributed by atoms with E-state index in [0.29, 0.717) is 29.7 Å². The van der Waals surface area contributed by atoms with Crippen molar-refractivity contribution in [2.45, 2.75) is 32.4 Å². The summed E-state index contributed by atoms with van der Waals surface area (Å²) in [4.78, 5) is 56.4. The van der Waals surface area contributed by atoms with Crippen LogP contribution in [0.3, 0.4) is 0 Å². The zero-order chi connectivity index (χ0) is 34.3. The number of hydrogen-bond acceptors (Lipinski definition) is 7. The van der Waals surface area contributed by atoms with Crippen LogP contribution >= 0.6 is 0 Å². The van der Waals surface area contributed by atoms with Crippen molar-refractivity contribution in [1.29, 1.82) is 0 Å². The van der Waals surface area contributed by atoms with Gasteiger partial charge >= 0.3 is 18.1 Å².